The van der Waals surface area contributed by atoms with Gasteiger partial charge in [0.25, 0.3) is 0 Å². The molecule has 0 spiro atoms. The highest BCUT2D eigenvalue weighted by atomic mass is 35.5. The smallest absolute Gasteiger partial charge is 0.310 e. The predicted octanol–water partition coefficient (Wildman–Crippen LogP) is 3.43. The molecule has 0 saturated carbocycles. The average molecular weight is 312 g/mol. The number of likely N-dealkylation sites (tertiary alicyclic amines) is 1. The van der Waals surface area contributed by atoms with Gasteiger partial charge in [-0.3, -0.25) is 9.69 Å². The molecule has 1 aliphatic rings. The van der Waals surface area contributed by atoms with Crippen LogP contribution in [0.15, 0.2) is 18.2 Å². The zero-order chi connectivity index (χ0) is 15.5. The number of nitrogens with zero attached hydrogens (tertiary/aromatic N) is 1. The van der Waals surface area contributed by atoms with Crippen molar-refractivity contribution in [1.29, 1.82) is 0 Å². The van der Waals surface area contributed by atoms with Gasteiger partial charge < -0.3 is 9.84 Å². The van der Waals surface area contributed by atoms with E-state index >= 15 is 0 Å². The van der Waals surface area contributed by atoms with E-state index < -0.39 is 11.4 Å². The van der Waals surface area contributed by atoms with Crippen LogP contribution in [0.1, 0.15) is 31.7 Å². The molecule has 0 aliphatic carbocycles. The van der Waals surface area contributed by atoms with E-state index in [0.29, 0.717) is 24.5 Å². The van der Waals surface area contributed by atoms with Crippen molar-refractivity contribution >= 4 is 17.6 Å². The van der Waals surface area contributed by atoms with Gasteiger partial charge in [-0.25, -0.2) is 0 Å². The maximum atomic E-state index is 11.6. The molecule has 1 unspecified atom stereocenters. The SMILES string of the molecule is CCCC1(C(=O)O)CCN(Cc2cc(Cl)ccc2OC)C1. The third-order valence-electron chi connectivity index (χ3n) is 4.25. The molecule has 1 fully saturated rings. The number of carboxylic acids is 1. The minimum absolute atomic E-state index is 0.589. The number of aliphatic carboxylic acids is 1. The summed E-state index contributed by atoms with van der Waals surface area (Å²) in [4.78, 5) is 13.8. The maximum Gasteiger partial charge on any atom is 0.310 e. The van der Waals surface area contributed by atoms with Gasteiger partial charge in [0, 0.05) is 23.7 Å². The Balaban J connectivity index is 2.12. The molecular weight excluding hydrogens is 290 g/mol. The molecule has 1 aliphatic heterocycles. The van der Waals surface area contributed by atoms with Crippen molar-refractivity contribution in [2.75, 3.05) is 20.2 Å². The third-order valence-corrected chi connectivity index (χ3v) is 4.49. The molecule has 0 aromatic heterocycles. The van der Waals surface area contributed by atoms with E-state index in [-0.39, 0.29) is 0 Å². The second-order valence-electron chi connectivity index (χ2n) is 5.75. The van der Waals surface area contributed by atoms with Crippen LogP contribution in [0.4, 0.5) is 0 Å². The van der Waals surface area contributed by atoms with Crippen LogP contribution in [0.25, 0.3) is 0 Å². The number of benzene rings is 1. The maximum absolute atomic E-state index is 11.6. The summed E-state index contributed by atoms with van der Waals surface area (Å²) in [6.45, 7) is 4.09. The largest absolute Gasteiger partial charge is 0.496 e. The van der Waals surface area contributed by atoms with E-state index in [1.54, 1.807) is 13.2 Å². The zero-order valence-electron chi connectivity index (χ0n) is 12.6. The number of halogens is 1. The number of ether oxygens (including phenoxy) is 1. The number of carboxylic acid groups (broad SMARTS) is 1. The van der Waals surface area contributed by atoms with Crippen molar-refractivity contribution in [3.63, 3.8) is 0 Å². The molecular formula is C16H22ClNO3. The van der Waals surface area contributed by atoms with Gasteiger partial charge in [0.2, 0.25) is 0 Å². The molecule has 0 amide bonds. The Labute approximate surface area is 130 Å². The summed E-state index contributed by atoms with van der Waals surface area (Å²) in [5.74, 6) is 0.118. The quantitative estimate of drug-likeness (QED) is 0.874. The van der Waals surface area contributed by atoms with Crippen molar-refractivity contribution in [2.45, 2.75) is 32.7 Å². The average Bonchev–Trinajstić information content (AvgIpc) is 2.84. The van der Waals surface area contributed by atoms with Gasteiger partial charge in [0.1, 0.15) is 5.75 Å². The number of rotatable bonds is 6. The lowest BCUT2D eigenvalue weighted by atomic mass is 9.83. The topological polar surface area (TPSA) is 49.8 Å². The Morgan fingerprint density at radius 1 is 1.52 bits per heavy atom. The van der Waals surface area contributed by atoms with E-state index in [4.69, 9.17) is 16.3 Å². The van der Waals surface area contributed by atoms with Crippen LogP contribution in [0, 0.1) is 5.41 Å². The Bertz CT molecular complexity index is 520. The van der Waals surface area contributed by atoms with Crippen LogP contribution in [-0.4, -0.2) is 36.2 Å². The molecule has 0 radical (unpaired) electrons. The fourth-order valence-corrected chi connectivity index (χ4v) is 3.36. The van der Waals surface area contributed by atoms with Gasteiger partial charge >= 0.3 is 5.97 Å². The molecule has 1 heterocycles. The van der Waals surface area contributed by atoms with Crippen molar-refractivity contribution < 1.29 is 14.6 Å². The van der Waals surface area contributed by atoms with E-state index in [9.17, 15) is 9.90 Å². The summed E-state index contributed by atoms with van der Waals surface area (Å²) < 4.78 is 5.36. The number of methoxy groups -OCH3 is 1. The van der Waals surface area contributed by atoms with Gasteiger partial charge in [-0.15, -0.1) is 0 Å². The highest BCUT2D eigenvalue weighted by Crippen LogP contribution is 2.37. The van der Waals surface area contributed by atoms with Gasteiger partial charge in [0.05, 0.1) is 12.5 Å². The first kappa shape index (κ1) is 16.1. The van der Waals surface area contributed by atoms with Crippen molar-refractivity contribution in [2.24, 2.45) is 5.41 Å². The lowest BCUT2D eigenvalue weighted by molar-refractivity contribution is -0.148. The minimum Gasteiger partial charge on any atom is -0.496 e. The zero-order valence-corrected chi connectivity index (χ0v) is 13.3. The summed E-state index contributed by atoms with van der Waals surface area (Å²) in [7, 11) is 1.63. The highest BCUT2D eigenvalue weighted by Gasteiger charge is 2.43. The number of carbonyl (C=O) groups is 1. The van der Waals surface area contributed by atoms with Crippen molar-refractivity contribution in [3.8, 4) is 5.75 Å². The lowest BCUT2D eigenvalue weighted by Crippen LogP contribution is -2.34. The third kappa shape index (κ3) is 3.50. The first-order valence-electron chi connectivity index (χ1n) is 7.29. The van der Waals surface area contributed by atoms with Crippen molar-refractivity contribution in [1.82, 2.24) is 4.90 Å². The van der Waals surface area contributed by atoms with Crippen LogP contribution in [0.3, 0.4) is 0 Å². The lowest BCUT2D eigenvalue weighted by Gasteiger charge is -2.24. The molecule has 1 aromatic rings. The highest BCUT2D eigenvalue weighted by molar-refractivity contribution is 6.30. The summed E-state index contributed by atoms with van der Waals surface area (Å²) in [6, 6.07) is 5.54. The molecule has 1 atom stereocenters. The van der Waals surface area contributed by atoms with Gasteiger partial charge in [-0.1, -0.05) is 24.9 Å². The summed E-state index contributed by atoms with van der Waals surface area (Å²) in [5.41, 5.74) is 0.406. The molecule has 2 rings (SSSR count). The van der Waals surface area contributed by atoms with Crippen LogP contribution < -0.4 is 4.74 Å². The summed E-state index contributed by atoms with van der Waals surface area (Å²) in [6.07, 6.45) is 2.32. The summed E-state index contributed by atoms with van der Waals surface area (Å²) >= 11 is 6.05. The van der Waals surface area contributed by atoms with Crippen LogP contribution in [-0.2, 0) is 11.3 Å². The minimum atomic E-state index is -0.676. The molecule has 1 N–H and O–H groups in total. The van der Waals surface area contributed by atoms with Gasteiger partial charge in [-0.05, 0) is 37.6 Å². The first-order valence-corrected chi connectivity index (χ1v) is 7.67. The normalized spacial score (nSPS) is 22.4. The first-order chi connectivity index (χ1) is 10.0. The fraction of sp³-hybridized carbons (Fsp3) is 0.562. The Hall–Kier alpha value is -1.26. The Morgan fingerprint density at radius 2 is 2.29 bits per heavy atom. The van der Waals surface area contributed by atoms with Crippen LogP contribution >= 0.6 is 11.6 Å². The second kappa shape index (κ2) is 6.67. The van der Waals surface area contributed by atoms with E-state index in [2.05, 4.69) is 4.90 Å². The molecule has 0 bridgehead atoms. The fourth-order valence-electron chi connectivity index (χ4n) is 3.17. The molecule has 1 aromatic carbocycles. The summed E-state index contributed by atoms with van der Waals surface area (Å²) in [5, 5.41) is 10.2. The molecule has 21 heavy (non-hydrogen) atoms. The standard InChI is InChI=1S/C16H22ClNO3/c1-3-6-16(15(19)20)7-8-18(11-16)10-12-9-13(17)4-5-14(12)21-2/h4-5,9H,3,6-8,10-11H2,1-2H3,(H,19,20). The number of hydrogen-bond donors (Lipinski definition) is 1. The van der Waals surface area contributed by atoms with Gasteiger partial charge in [0.15, 0.2) is 0 Å². The van der Waals surface area contributed by atoms with Crippen molar-refractivity contribution in [3.05, 3.63) is 28.8 Å². The van der Waals surface area contributed by atoms with Crippen LogP contribution in [0.2, 0.25) is 5.02 Å². The molecule has 1 saturated heterocycles. The van der Waals surface area contributed by atoms with E-state index in [1.165, 1.54) is 0 Å². The predicted molar refractivity (Wildman–Crippen MR) is 82.9 cm³/mol. The van der Waals surface area contributed by atoms with Gasteiger partial charge in [-0.2, -0.15) is 0 Å². The molecule has 4 nitrogen and oxygen atoms in total. The van der Waals surface area contributed by atoms with E-state index in [0.717, 1.165) is 30.7 Å². The molecule has 5 heteroatoms. The van der Waals surface area contributed by atoms with E-state index in [1.807, 2.05) is 19.1 Å². The second-order valence-corrected chi connectivity index (χ2v) is 6.19. The van der Waals surface area contributed by atoms with Crippen LogP contribution in [0.5, 0.6) is 5.75 Å². The molecule has 116 valence electrons. The number of hydrogen-bond acceptors (Lipinski definition) is 3. The Kier molecular flexibility index (Phi) is 5.12. The Morgan fingerprint density at radius 3 is 2.90 bits per heavy atom. The monoisotopic (exact) mass is 311 g/mol.